The first-order valence-electron chi connectivity index (χ1n) is 6.08. The second kappa shape index (κ2) is 4.80. The molecular formula is C14H18N2O2. The molecular weight excluding hydrogens is 228 g/mol. The van der Waals surface area contributed by atoms with Gasteiger partial charge in [-0.3, -0.25) is 9.89 Å². The fraction of sp³-hybridized carbons (Fsp3) is 0.429. The first-order chi connectivity index (χ1) is 8.47. The summed E-state index contributed by atoms with van der Waals surface area (Å²) in [6.45, 7) is 6.80. The molecule has 0 unspecified atom stereocenters. The van der Waals surface area contributed by atoms with Gasteiger partial charge in [0.25, 0.3) is 0 Å². The highest BCUT2D eigenvalue weighted by molar-refractivity contribution is 6.07. The van der Waals surface area contributed by atoms with Crippen molar-refractivity contribution in [3.05, 3.63) is 35.9 Å². The number of carbonyl (C=O) groups is 1. The van der Waals surface area contributed by atoms with Crippen molar-refractivity contribution in [1.82, 2.24) is 4.90 Å². The summed E-state index contributed by atoms with van der Waals surface area (Å²) in [6, 6.07) is 9.70. The van der Waals surface area contributed by atoms with Crippen LogP contribution in [0.15, 0.2) is 35.3 Å². The lowest BCUT2D eigenvalue weighted by Gasteiger charge is -2.25. The Morgan fingerprint density at radius 3 is 2.56 bits per heavy atom. The zero-order valence-electron chi connectivity index (χ0n) is 11.0. The van der Waals surface area contributed by atoms with Crippen LogP contribution in [0, 0.1) is 0 Å². The summed E-state index contributed by atoms with van der Waals surface area (Å²) in [5, 5.41) is 0. The molecule has 0 saturated carbocycles. The van der Waals surface area contributed by atoms with Gasteiger partial charge in [0.2, 0.25) is 0 Å². The van der Waals surface area contributed by atoms with Crippen LogP contribution in [0.5, 0.6) is 0 Å². The highest BCUT2D eigenvalue weighted by atomic mass is 16.6. The molecule has 0 bridgehead atoms. The molecule has 0 aromatic heterocycles. The van der Waals surface area contributed by atoms with E-state index in [1.54, 1.807) is 4.90 Å². The summed E-state index contributed by atoms with van der Waals surface area (Å²) >= 11 is 0. The first-order valence-corrected chi connectivity index (χ1v) is 6.08. The Bertz CT molecular complexity index is 460. The van der Waals surface area contributed by atoms with Crippen LogP contribution in [-0.4, -0.2) is 35.5 Å². The maximum absolute atomic E-state index is 12.1. The lowest BCUT2D eigenvalue weighted by Crippen LogP contribution is -2.39. The number of benzene rings is 1. The number of nitrogens with zero attached hydrogens (tertiary/aromatic N) is 2. The minimum absolute atomic E-state index is 0.331. The van der Waals surface area contributed by atoms with Crippen molar-refractivity contribution in [1.29, 1.82) is 0 Å². The molecule has 2 rings (SSSR count). The van der Waals surface area contributed by atoms with E-state index in [0.717, 1.165) is 5.56 Å². The predicted molar refractivity (Wildman–Crippen MR) is 70.8 cm³/mol. The van der Waals surface area contributed by atoms with Gasteiger partial charge in [0.15, 0.2) is 0 Å². The SMILES string of the molecule is CC(C)(C)OC(=O)N1CCN=C1c1ccccc1. The van der Waals surface area contributed by atoms with E-state index < -0.39 is 5.60 Å². The molecule has 1 heterocycles. The number of aliphatic imine (C=N–C) groups is 1. The number of amides is 1. The van der Waals surface area contributed by atoms with Crippen molar-refractivity contribution in [2.45, 2.75) is 26.4 Å². The van der Waals surface area contributed by atoms with E-state index in [9.17, 15) is 4.79 Å². The van der Waals surface area contributed by atoms with Crippen molar-refractivity contribution in [2.75, 3.05) is 13.1 Å². The molecule has 1 amide bonds. The molecule has 4 nitrogen and oxygen atoms in total. The van der Waals surface area contributed by atoms with Crippen molar-refractivity contribution in [3.8, 4) is 0 Å². The van der Waals surface area contributed by atoms with Crippen molar-refractivity contribution in [3.63, 3.8) is 0 Å². The quantitative estimate of drug-likeness (QED) is 0.764. The van der Waals surface area contributed by atoms with Gasteiger partial charge < -0.3 is 4.74 Å². The molecule has 1 aromatic rings. The maximum atomic E-state index is 12.1. The Morgan fingerprint density at radius 1 is 1.28 bits per heavy atom. The maximum Gasteiger partial charge on any atom is 0.416 e. The average molecular weight is 246 g/mol. The van der Waals surface area contributed by atoms with Crippen LogP contribution in [0.3, 0.4) is 0 Å². The third kappa shape index (κ3) is 2.88. The lowest BCUT2D eigenvalue weighted by molar-refractivity contribution is 0.0385. The fourth-order valence-electron chi connectivity index (χ4n) is 1.78. The Hall–Kier alpha value is -1.84. The van der Waals surface area contributed by atoms with E-state index in [-0.39, 0.29) is 6.09 Å². The second-order valence-corrected chi connectivity index (χ2v) is 5.20. The highest BCUT2D eigenvalue weighted by Crippen LogP contribution is 2.16. The molecule has 1 aliphatic rings. The summed E-state index contributed by atoms with van der Waals surface area (Å²) < 4.78 is 5.38. The molecule has 0 radical (unpaired) electrons. The van der Waals surface area contributed by atoms with Crippen LogP contribution in [0.1, 0.15) is 26.3 Å². The second-order valence-electron chi connectivity index (χ2n) is 5.20. The Kier molecular flexibility index (Phi) is 3.36. The third-order valence-corrected chi connectivity index (χ3v) is 2.49. The number of hydrogen-bond donors (Lipinski definition) is 0. The Morgan fingerprint density at radius 2 is 1.94 bits per heavy atom. The molecule has 1 aromatic carbocycles. The van der Waals surface area contributed by atoms with Gasteiger partial charge in [-0.15, -0.1) is 0 Å². The summed E-state index contributed by atoms with van der Waals surface area (Å²) in [5.74, 6) is 0.699. The Labute approximate surface area is 107 Å². The molecule has 1 aliphatic heterocycles. The number of amidine groups is 1. The third-order valence-electron chi connectivity index (χ3n) is 2.49. The minimum atomic E-state index is -0.485. The van der Waals surface area contributed by atoms with Gasteiger partial charge >= 0.3 is 6.09 Å². The topological polar surface area (TPSA) is 41.9 Å². The summed E-state index contributed by atoms with van der Waals surface area (Å²) in [7, 11) is 0. The number of carbonyl (C=O) groups excluding carboxylic acids is 1. The minimum Gasteiger partial charge on any atom is -0.443 e. The van der Waals surface area contributed by atoms with E-state index in [2.05, 4.69) is 4.99 Å². The molecule has 0 atom stereocenters. The fourth-order valence-corrected chi connectivity index (χ4v) is 1.78. The van der Waals surface area contributed by atoms with Gasteiger partial charge in [0, 0.05) is 5.56 Å². The molecule has 18 heavy (non-hydrogen) atoms. The van der Waals surface area contributed by atoms with E-state index in [0.29, 0.717) is 18.9 Å². The molecule has 0 saturated heterocycles. The molecule has 96 valence electrons. The lowest BCUT2D eigenvalue weighted by atomic mass is 10.2. The van der Waals surface area contributed by atoms with Crippen molar-refractivity contribution < 1.29 is 9.53 Å². The van der Waals surface area contributed by atoms with Crippen LogP contribution < -0.4 is 0 Å². The van der Waals surface area contributed by atoms with E-state index in [1.165, 1.54) is 0 Å². The normalized spacial score (nSPS) is 15.5. The van der Waals surface area contributed by atoms with Gasteiger partial charge in [-0.1, -0.05) is 30.3 Å². The number of rotatable bonds is 1. The number of hydrogen-bond acceptors (Lipinski definition) is 3. The van der Waals surface area contributed by atoms with Gasteiger partial charge in [0.05, 0.1) is 13.1 Å². The van der Waals surface area contributed by atoms with E-state index >= 15 is 0 Å². The first kappa shape index (κ1) is 12.6. The van der Waals surface area contributed by atoms with Crippen LogP contribution >= 0.6 is 0 Å². The summed E-state index contributed by atoms with van der Waals surface area (Å²) in [4.78, 5) is 18.0. The molecule has 0 spiro atoms. The van der Waals surface area contributed by atoms with Gasteiger partial charge in [-0.05, 0) is 20.8 Å². The standard InChI is InChI=1S/C14H18N2O2/c1-14(2,3)18-13(17)16-10-9-15-12(16)11-7-5-4-6-8-11/h4-8H,9-10H2,1-3H3. The number of ether oxygens (including phenoxy) is 1. The zero-order valence-corrected chi connectivity index (χ0v) is 11.0. The molecule has 0 fully saturated rings. The van der Waals surface area contributed by atoms with E-state index in [1.807, 2.05) is 51.1 Å². The van der Waals surface area contributed by atoms with E-state index in [4.69, 9.17) is 4.74 Å². The van der Waals surface area contributed by atoms with Gasteiger partial charge in [0.1, 0.15) is 11.4 Å². The molecule has 0 aliphatic carbocycles. The average Bonchev–Trinajstić information content (AvgIpc) is 2.76. The highest BCUT2D eigenvalue weighted by Gasteiger charge is 2.28. The van der Waals surface area contributed by atoms with Crippen molar-refractivity contribution >= 4 is 11.9 Å². The zero-order chi connectivity index (χ0) is 13.2. The smallest absolute Gasteiger partial charge is 0.416 e. The van der Waals surface area contributed by atoms with Crippen LogP contribution in [0.25, 0.3) is 0 Å². The molecule has 0 N–H and O–H groups in total. The Balaban J connectivity index is 2.16. The summed E-state index contributed by atoms with van der Waals surface area (Å²) in [6.07, 6.45) is -0.331. The summed E-state index contributed by atoms with van der Waals surface area (Å²) in [5.41, 5.74) is 0.461. The van der Waals surface area contributed by atoms with Crippen molar-refractivity contribution in [2.24, 2.45) is 4.99 Å². The largest absolute Gasteiger partial charge is 0.443 e. The molecule has 4 heteroatoms. The van der Waals surface area contributed by atoms with Crippen LogP contribution in [0.4, 0.5) is 4.79 Å². The van der Waals surface area contributed by atoms with Gasteiger partial charge in [-0.2, -0.15) is 0 Å². The monoisotopic (exact) mass is 246 g/mol. The predicted octanol–water partition coefficient (Wildman–Crippen LogP) is 2.68. The van der Waals surface area contributed by atoms with Gasteiger partial charge in [-0.25, -0.2) is 4.79 Å². The van der Waals surface area contributed by atoms with Crippen LogP contribution in [-0.2, 0) is 4.74 Å². The van der Waals surface area contributed by atoms with Crippen LogP contribution in [0.2, 0.25) is 0 Å².